The van der Waals surface area contributed by atoms with E-state index in [1.807, 2.05) is 17.7 Å². The lowest BCUT2D eigenvalue weighted by atomic mass is 10.4. The molecule has 0 aliphatic rings. The van der Waals surface area contributed by atoms with Gasteiger partial charge in [-0.1, -0.05) is 18.2 Å². The number of nitrogens with one attached hydrogen (secondary N) is 1. The number of hydrogen-bond donors (Lipinski definition) is 1. The minimum absolute atomic E-state index is 0.0415. The van der Waals surface area contributed by atoms with Gasteiger partial charge in [0.2, 0.25) is 5.91 Å². The van der Waals surface area contributed by atoms with Crippen molar-refractivity contribution in [2.45, 2.75) is 24.8 Å². The monoisotopic (exact) mass is 321 g/mol. The molecule has 22 heavy (non-hydrogen) atoms. The Labute approximate surface area is 130 Å². The second-order valence-corrected chi connectivity index (χ2v) is 7.01. The zero-order valence-corrected chi connectivity index (χ0v) is 13.2. The summed E-state index contributed by atoms with van der Waals surface area (Å²) in [5.41, 5.74) is 0. The van der Waals surface area contributed by atoms with Crippen molar-refractivity contribution in [3.8, 4) is 0 Å². The number of nitrogens with zero attached hydrogens (tertiary/aromatic N) is 2. The Morgan fingerprint density at radius 2 is 2.00 bits per heavy atom. The van der Waals surface area contributed by atoms with E-state index in [1.165, 1.54) is 12.1 Å². The number of imidazole rings is 1. The number of benzene rings is 1. The van der Waals surface area contributed by atoms with Gasteiger partial charge in [-0.25, -0.2) is 13.4 Å². The standard InChI is InChI=1S/C15H19N3O3S/c1-13-16-8-10-18(13)11-9-17-15(19)7-12-22(20,21)14-5-3-2-4-6-14/h2-6,8,10H,7,9,11-12H2,1H3,(H,17,19). The molecule has 1 aromatic heterocycles. The topological polar surface area (TPSA) is 81.1 Å². The molecule has 118 valence electrons. The molecule has 6 nitrogen and oxygen atoms in total. The number of sulfone groups is 1. The molecule has 0 saturated carbocycles. The molecule has 2 rings (SSSR count). The van der Waals surface area contributed by atoms with Crippen molar-refractivity contribution < 1.29 is 13.2 Å². The fourth-order valence-electron chi connectivity index (χ4n) is 2.02. The van der Waals surface area contributed by atoms with Crippen LogP contribution < -0.4 is 5.32 Å². The van der Waals surface area contributed by atoms with Crippen molar-refractivity contribution in [1.82, 2.24) is 14.9 Å². The minimum atomic E-state index is -3.41. The summed E-state index contributed by atoms with van der Waals surface area (Å²) in [6, 6.07) is 8.16. The summed E-state index contributed by atoms with van der Waals surface area (Å²) < 4.78 is 26.0. The van der Waals surface area contributed by atoms with Gasteiger partial charge in [0.05, 0.1) is 10.6 Å². The average Bonchev–Trinajstić information content (AvgIpc) is 2.92. The summed E-state index contributed by atoms with van der Waals surface area (Å²) in [5, 5.41) is 2.72. The molecule has 7 heteroatoms. The van der Waals surface area contributed by atoms with E-state index in [2.05, 4.69) is 10.3 Å². The van der Waals surface area contributed by atoms with E-state index in [1.54, 1.807) is 24.4 Å². The van der Waals surface area contributed by atoms with Gasteiger partial charge in [-0.3, -0.25) is 4.79 Å². The summed E-state index contributed by atoms with van der Waals surface area (Å²) in [4.78, 5) is 16.1. The highest BCUT2D eigenvalue weighted by Crippen LogP contribution is 2.10. The van der Waals surface area contributed by atoms with Crippen LogP contribution in [0.1, 0.15) is 12.2 Å². The first kappa shape index (κ1) is 16.2. The number of carbonyl (C=O) groups excluding carboxylic acids is 1. The van der Waals surface area contributed by atoms with E-state index in [0.717, 1.165) is 5.82 Å². The third-order valence-electron chi connectivity index (χ3n) is 3.30. The Morgan fingerprint density at radius 3 is 2.64 bits per heavy atom. The van der Waals surface area contributed by atoms with Crippen molar-refractivity contribution in [3.05, 3.63) is 48.5 Å². The summed E-state index contributed by atoms with van der Waals surface area (Å²) in [5.74, 6) is 0.422. The Morgan fingerprint density at radius 1 is 1.27 bits per heavy atom. The minimum Gasteiger partial charge on any atom is -0.354 e. The first-order valence-corrected chi connectivity index (χ1v) is 8.66. The first-order chi connectivity index (χ1) is 10.5. The zero-order valence-electron chi connectivity index (χ0n) is 12.4. The molecule has 0 spiro atoms. The molecular weight excluding hydrogens is 302 g/mol. The normalized spacial score (nSPS) is 11.3. The molecule has 2 aromatic rings. The summed E-state index contributed by atoms with van der Waals surface area (Å²) in [7, 11) is -3.41. The fourth-order valence-corrected chi connectivity index (χ4v) is 3.28. The largest absolute Gasteiger partial charge is 0.354 e. The molecule has 1 amide bonds. The molecule has 0 aliphatic heterocycles. The van der Waals surface area contributed by atoms with Gasteiger partial charge >= 0.3 is 0 Å². The Bertz CT molecular complexity index is 724. The Hall–Kier alpha value is -2.15. The van der Waals surface area contributed by atoms with Crippen molar-refractivity contribution >= 4 is 15.7 Å². The van der Waals surface area contributed by atoms with Crippen LogP contribution in [-0.4, -0.2) is 36.2 Å². The van der Waals surface area contributed by atoms with Gasteiger partial charge < -0.3 is 9.88 Å². The van der Waals surface area contributed by atoms with Crippen LogP contribution >= 0.6 is 0 Å². The third kappa shape index (κ3) is 4.42. The zero-order chi connectivity index (χ0) is 16.0. The van der Waals surface area contributed by atoms with E-state index >= 15 is 0 Å². The Balaban J connectivity index is 1.77. The molecule has 0 saturated heterocycles. The second-order valence-electron chi connectivity index (χ2n) is 4.90. The predicted molar refractivity (Wildman–Crippen MR) is 83.1 cm³/mol. The quantitative estimate of drug-likeness (QED) is 0.830. The maximum Gasteiger partial charge on any atom is 0.221 e. The van der Waals surface area contributed by atoms with Gasteiger partial charge in [0.1, 0.15) is 5.82 Å². The van der Waals surface area contributed by atoms with E-state index in [0.29, 0.717) is 13.1 Å². The molecule has 0 bridgehead atoms. The van der Waals surface area contributed by atoms with Crippen molar-refractivity contribution in [3.63, 3.8) is 0 Å². The molecule has 0 unspecified atom stereocenters. The summed E-state index contributed by atoms with van der Waals surface area (Å²) >= 11 is 0. The maximum absolute atomic E-state index is 12.0. The van der Waals surface area contributed by atoms with Gasteiger partial charge in [-0.2, -0.15) is 0 Å². The highest BCUT2D eigenvalue weighted by molar-refractivity contribution is 7.91. The van der Waals surface area contributed by atoms with Crippen LogP contribution in [0.25, 0.3) is 0 Å². The van der Waals surface area contributed by atoms with Crippen LogP contribution in [-0.2, 0) is 21.2 Å². The lowest BCUT2D eigenvalue weighted by Gasteiger charge is -2.08. The van der Waals surface area contributed by atoms with E-state index in [9.17, 15) is 13.2 Å². The number of rotatable bonds is 7. The molecule has 1 heterocycles. The highest BCUT2D eigenvalue weighted by Gasteiger charge is 2.15. The second kappa shape index (κ2) is 7.22. The third-order valence-corrected chi connectivity index (χ3v) is 5.03. The van der Waals surface area contributed by atoms with Crippen molar-refractivity contribution in [1.29, 1.82) is 0 Å². The van der Waals surface area contributed by atoms with E-state index < -0.39 is 9.84 Å². The average molecular weight is 321 g/mol. The SMILES string of the molecule is Cc1nccn1CCNC(=O)CCS(=O)(=O)c1ccccc1. The first-order valence-electron chi connectivity index (χ1n) is 7.01. The smallest absolute Gasteiger partial charge is 0.221 e. The maximum atomic E-state index is 12.0. The molecule has 1 aromatic carbocycles. The van der Waals surface area contributed by atoms with E-state index in [4.69, 9.17) is 0 Å². The number of carbonyl (C=O) groups is 1. The van der Waals surface area contributed by atoms with Crippen LogP contribution in [0.2, 0.25) is 0 Å². The van der Waals surface area contributed by atoms with Gasteiger partial charge in [0, 0.05) is 31.9 Å². The molecule has 0 radical (unpaired) electrons. The number of aryl methyl sites for hydroxylation is 1. The van der Waals surface area contributed by atoms with Crippen molar-refractivity contribution in [2.75, 3.05) is 12.3 Å². The Kier molecular flexibility index (Phi) is 5.32. The van der Waals surface area contributed by atoms with Gasteiger partial charge in [0.25, 0.3) is 0 Å². The van der Waals surface area contributed by atoms with Crippen LogP contribution in [0.3, 0.4) is 0 Å². The van der Waals surface area contributed by atoms with Gasteiger partial charge in [0.15, 0.2) is 9.84 Å². The van der Waals surface area contributed by atoms with Crippen LogP contribution in [0.5, 0.6) is 0 Å². The van der Waals surface area contributed by atoms with Gasteiger partial charge in [-0.05, 0) is 19.1 Å². The van der Waals surface area contributed by atoms with Crippen LogP contribution in [0.15, 0.2) is 47.6 Å². The molecule has 1 N–H and O–H groups in total. The lowest BCUT2D eigenvalue weighted by molar-refractivity contribution is -0.120. The molecule has 0 aliphatic carbocycles. The number of hydrogen-bond acceptors (Lipinski definition) is 4. The molecule has 0 atom stereocenters. The number of amides is 1. The highest BCUT2D eigenvalue weighted by atomic mass is 32.2. The van der Waals surface area contributed by atoms with Crippen LogP contribution in [0, 0.1) is 6.92 Å². The lowest BCUT2D eigenvalue weighted by Crippen LogP contribution is -2.28. The predicted octanol–water partition coefficient (Wildman–Crippen LogP) is 1.17. The molecule has 0 fully saturated rings. The summed E-state index contributed by atoms with van der Waals surface area (Å²) in [6.07, 6.45) is 3.49. The van der Waals surface area contributed by atoms with Crippen molar-refractivity contribution in [2.24, 2.45) is 0 Å². The number of aromatic nitrogens is 2. The molecular formula is C15H19N3O3S. The fraction of sp³-hybridized carbons (Fsp3) is 0.333. The summed E-state index contributed by atoms with van der Waals surface area (Å²) in [6.45, 7) is 2.94. The van der Waals surface area contributed by atoms with E-state index in [-0.39, 0.29) is 23.0 Å². The van der Waals surface area contributed by atoms with Crippen LogP contribution in [0.4, 0.5) is 0 Å². The van der Waals surface area contributed by atoms with Gasteiger partial charge in [-0.15, -0.1) is 0 Å².